The number of aromatic nitrogens is 1. The summed E-state index contributed by atoms with van der Waals surface area (Å²) in [4.78, 5) is 41.0. The Kier molecular flexibility index (Phi) is 8.43. The number of allylic oxidation sites excluding steroid dienone is 4. The highest BCUT2D eigenvalue weighted by molar-refractivity contribution is 5.99. The van der Waals surface area contributed by atoms with Gasteiger partial charge in [-0.05, 0) is 60.7 Å². The van der Waals surface area contributed by atoms with Crippen molar-refractivity contribution in [3.8, 4) is 11.1 Å². The lowest BCUT2D eigenvalue weighted by Crippen LogP contribution is -2.20. The zero-order chi connectivity index (χ0) is 27.1. The molecule has 1 heterocycles. The Labute approximate surface area is 220 Å². The van der Waals surface area contributed by atoms with Crippen molar-refractivity contribution >= 4 is 29.3 Å². The van der Waals surface area contributed by atoms with E-state index in [-0.39, 0.29) is 12.2 Å². The average Bonchev–Trinajstić information content (AvgIpc) is 2.90. The van der Waals surface area contributed by atoms with Crippen molar-refractivity contribution in [2.24, 2.45) is 11.8 Å². The Morgan fingerprint density at radius 2 is 1.71 bits per heavy atom. The molecule has 0 aliphatic heterocycles. The molecule has 1 aromatic heterocycles. The van der Waals surface area contributed by atoms with Crippen molar-refractivity contribution in [3.63, 3.8) is 0 Å². The number of carboxylic acids is 1. The number of hydrogen-bond donors (Lipinski definition) is 3. The number of hydrogen-bond acceptors (Lipinski definition) is 4. The van der Waals surface area contributed by atoms with E-state index in [0.717, 1.165) is 23.1 Å². The maximum atomic E-state index is 13.0. The lowest BCUT2D eigenvalue weighted by Gasteiger charge is -2.18. The van der Waals surface area contributed by atoms with Crippen molar-refractivity contribution in [1.82, 2.24) is 4.98 Å². The van der Waals surface area contributed by atoms with Crippen molar-refractivity contribution in [3.05, 3.63) is 102 Å². The Hall–Kier alpha value is -4.59. The first-order valence-electron chi connectivity index (χ1n) is 12.3. The first-order chi connectivity index (χ1) is 18.3. The SMILES string of the molecule is CC1C=CC=C(CC(CC(=O)c2ccc(-c3ccc(NC(=O)Nc4ccc(F)cc4)nc3)cc2)C(=O)O)C1. The Morgan fingerprint density at radius 3 is 2.34 bits per heavy atom. The fourth-order valence-corrected chi connectivity index (χ4v) is 4.29. The molecule has 2 aromatic carbocycles. The Balaban J connectivity index is 1.34. The van der Waals surface area contributed by atoms with E-state index in [9.17, 15) is 23.9 Å². The molecule has 194 valence electrons. The number of carbonyl (C=O) groups is 3. The van der Waals surface area contributed by atoms with E-state index >= 15 is 0 Å². The summed E-state index contributed by atoms with van der Waals surface area (Å²) in [5.41, 5.74) is 3.55. The number of carbonyl (C=O) groups excluding carboxylic acids is 2. The van der Waals surface area contributed by atoms with Gasteiger partial charge in [-0.15, -0.1) is 0 Å². The smallest absolute Gasteiger partial charge is 0.324 e. The fraction of sp³-hybridized carbons (Fsp3) is 0.200. The zero-order valence-corrected chi connectivity index (χ0v) is 20.9. The molecule has 7 nitrogen and oxygen atoms in total. The third-order valence-electron chi connectivity index (χ3n) is 6.29. The van der Waals surface area contributed by atoms with Gasteiger partial charge >= 0.3 is 12.0 Å². The van der Waals surface area contributed by atoms with Crippen LogP contribution in [0.15, 0.2) is 90.7 Å². The van der Waals surface area contributed by atoms with Gasteiger partial charge in [-0.25, -0.2) is 14.2 Å². The third kappa shape index (κ3) is 7.22. The Morgan fingerprint density at radius 1 is 1.00 bits per heavy atom. The number of rotatable bonds is 9. The molecule has 0 saturated heterocycles. The van der Waals surface area contributed by atoms with Gasteiger partial charge in [0.15, 0.2) is 5.78 Å². The summed E-state index contributed by atoms with van der Waals surface area (Å²) in [5, 5.41) is 14.9. The normalized spacial score (nSPS) is 15.3. The molecule has 0 spiro atoms. The van der Waals surface area contributed by atoms with Gasteiger partial charge in [0.25, 0.3) is 0 Å². The van der Waals surface area contributed by atoms with Crippen LogP contribution in [0.1, 0.15) is 36.5 Å². The standard InChI is InChI=1S/C30H28FN3O4/c1-19-3-2-4-20(15-19)16-24(29(36)37)17-27(35)22-7-5-21(6-8-22)23-9-14-28(32-18-23)34-30(38)33-26-12-10-25(31)11-13-26/h2-14,18-19,24H,15-17H2,1H3,(H,36,37)(H2,32,33,34,38). The number of urea groups is 1. The zero-order valence-electron chi connectivity index (χ0n) is 20.9. The molecule has 8 heteroatoms. The molecule has 38 heavy (non-hydrogen) atoms. The molecule has 1 aliphatic rings. The van der Waals surface area contributed by atoms with Crippen molar-refractivity contribution in [1.29, 1.82) is 0 Å². The van der Waals surface area contributed by atoms with Crippen LogP contribution in [0.5, 0.6) is 0 Å². The van der Waals surface area contributed by atoms with Gasteiger partial charge in [-0.2, -0.15) is 0 Å². The summed E-state index contributed by atoms with van der Waals surface area (Å²) in [7, 11) is 0. The Bertz CT molecular complexity index is 1360. The molecule has 2 unspecified atom stereocenters. The van der Waals surface area contributed by atoms with E-state index in [1.165, 1.54) is 24.3 Å². The predicted molar refractivity (Wildman–Crippen MR) is 144 cm³/mol. The molecule has 3 N–H and O–H groups in total. The maximum absolute atomic E-state index is 13.0. The van der Waals surface area contributed by atoms with E-state index in [1.54, 1.807) is 42.6 Å². The molecular formula is C30H28FN3O4. The van der Waals surface area contributed by atoms with E-state index in [0.29, 0.717) is 29.4 Å². The molecule has 0 fully saturated rings. The van der Waals surface area contributed by atoms with Crippen LogP contribution in [0.4, 0.5) is 20.7 Å². The van der Waals surface area contributed by atoms with E-state index in [1.807, 2.05) is 12.2 Å². The van der Waals surface area contributed by atoms with Crippen molar-refractivity contribution in [2.45, 2.75) is 26.2 Å². The number of amides is 2. The van der Waals surface area contributed by atoms with Crippen molar-refractivity contribution in [2.75, 3.05) is 10.6 Å². The largest absolute Gasteiger partial charge is 0.481 e. The van der Waals surface area contributed by atoms with Crippen LogP contribution in [-0.4, -0.2) is 27.9 Å². The van der Waals surface area contributed by atoms with Crippen LogP contribution in [0, 0.1) is 17.7 Å². The molecular weight excluding hydrogens is 485 g/mol. The highest BCUT2D eigenvalue weighted by Crippen LogP contribution is 2.27. The van der Waals surface area contributed by atoms with Gasteiger partial charge in [-0.1, -0.05) is 55.0 Å². The van der Waals surface area contributed by atoms with Crippen LogP contribution in [0.25, 0.3) is 11.1 Å². The third-order valence-corrected chi connectivity index (χ3v) is 6.29. The first-order valence-corrected chi connectivity index (χ1v) is 12.3. The van der Waals surface area contributed by atoms with Gasteiger partial charge in [0, 0.05) is 29.4 Å². The summed E-state index contributed by atoms with van der Waals surface area (Å²) >= 11 is 0. The lowest BCUT2D eigenvalue weighted by molar-refractivity contribution is -0.141. The average molecular weight is 514 g/mol. The van der Waals surface area contributed by atoms with Crippen molar-refractivity contribution < 1.29 is 23.9 Å². The first kappa shape index (κ1) is 26.5. The number of Topliss-reactive ketones (excluding diaryl/α,β-unsaturated/α-hetero) is 1. The number of halogens is 1. The second-order valence-electron chi connectivity index (χ2n) is 9.35. The molecule has 3 aromatic rings. The minimum absolute atomic E-state index is 0.0635. The second kappa shape index (κ2) is 12.1. The summed E-state index contributed by atoms with van der Waals surface area (Å²) in [6.07, 6.45) is 8.68. The summed E-state index contributed by atoms with van der Waals surface area (Å²) in [6.45, 7) is 2.08. The summed E-state index contributed by atoms with van der Waals surface area (Å²) in [6, 6.07) is 15.3. The van der Waals surface area contributed by atoms with Gasteiger partial charge < -0.3 is 10.4 Å². The molecule has 0 radical (unpaired) electrons. The topological polar surface area (TPSA) is 108 Å². The van der Waals surface area contributed by atoms with Crippen LogP contribution in [0.3, 0.4) is 0 Å². The molecule has 1 aliphatic carbocycles. The van der Waals surface area contributed by atoms with Gasteiger partial charge in [-0.3, -0.25) is 14.9 Å². The fourth-order valence-electron chi connectivity index (χ4n) is 4.29. The minimum Gasteiger partial charge on any atom is -0.481 e. The van der Waals surface area contributed by atoms with Gasteiger partial charge in [0.1, 0.15) is 11.6 Å². The predicted octanol–water partition coefficient (Wildman–Crippen LogP) is 6.72. The number of benzene rings is 2. The van der Waals surface area contributed by atoms with Gasteiger partial charge in [0.2, 0.25) is 0 Å². The number of pyridine rings is 1. The van der Waals surface area contributed by atoms with E-state index < -0.39 is 23.7 Å². The molecule has 0 bridgehead atoms. The molecule has 0 saturated carbocycles. The molecule has 2 amide bonds. The highest BCUT2D eigenvalue weighted by Gasteiger charge is 2.24. The van der Waals surface area contributed by atoms with Gasteiger partial charge in [0.05, 0.1) is 5.92 Å². The number of anilines is 2. The van der Waals surface area contributed by atoms with Crippen LogP contribution in [0.2, 0.25) is 0 Å². The number of ketones is 1. The van der Waals surface area contributed by atoms with Crippen LogP contribution < -0.4 is 10.6 Å². The summed E-state index contributed by atoms with van der Waals surface area (Å²) < 4.78 is 13.0. The number of aliphatic carboxylic acids is 1. The minimum atomic E-state index is -0.968. The molecule has 2 atom stereocenters. The molecule has 4 rings (SSSR count). The number of nitrogens with zero attached hydrogens (tertiary/aromatic N) is 1. The number of carboxylic acid groups (broad SMARTS) is 1. The number of nitrogens with one attached hydrogen (secondary N) is 2. The van der Waals surface area contributed by atoms with Crippen LogP contribution >= 0.6 is 0 Å². The quantitative estimate of drug-likeness (QED) is 0.275. The maximum Gasteiger partial charge on any atom is 0.324 e. The lowest BCUT2D eigenvalue weighted by atomic mass is 9.86. The van der Waals surface area contributed by atoms with Crippen LogP contribution in [-0.2, 0) is 4.79 Å². The second-order valence-corrected chi connectivity index (χ2v) is 9.35. The highest BCUT2D eigenvalue weighted by atomic mass is 19.1. The monoisotopic (exact) mass is 513 g/mol. The summed E-state index contributed by atoms with van der Waals surface area (Å²) in [5.74, 6) is -1.65. The van der Waals surface area contributed by atoms with E-state index in [4.69, 9.17) is 0 Å². The van der Waals surface area contributed by atoms with E-state index in [2.05, 4.69) is 28.6 Å².